The van der Waals surface area contributed by atoms with Crippen LogP contribution >= 0.6 is 11.8 Å². The number of rotatable bonds is 3. The summed E-state index contributed by atoms with van der Waals surface area (Å²) in [6.45, 7) is 0. The van der Waals surface area contributed by atoms with Crippen LogP contribution in [0.3, 0.4) is 0 Å². The smallest absolute Gasteiger partial charge is 0.150 e. The molecule has 0 N–H and O–H groups in total. The first-order valence-corrected chi connectivity index (χ1v) is 6.29. The zero-order valence-corrected chi connectivity index (χ0v) is 9.53. The highest BCUT2D eigenvalue weighted by Crippen LogP contribution is 2.27. The molecule has 0 spiro atoms. The summed E-state index contributed by atoms with van der Waals surface area (Å²) < 4.78 is 25.8. The second-order valence-electron chi connectivity index (χ2n) is 3.92. The van der Waals surface area contributed by atoms with Crippen molar-refractivity contribution in [1.82, 2.24) is 0 Å². The van der Waals surface area contributed by atoms with E-state index >= 15 is 0 Å². The predicted molar refractivity (Wildman–Crippen MR) is 60.5 cm³/mol. The van der Waals surface area contributed by atoms with E-state index in [9.17, 15) is 13.6 Å². The molecule has 1 aromatic carbocycles. The SMILES string of the molecule is O=C(Cc1cc(F)cc(F)c1)C1CCCS1. The highest BCUT2D eigenvalue weighted by Gasteiger charge is 2.23. The fourth-order valence-corrected chi connectivity index (χ4v) is 3.08. The van der Waals surface area contributed by atoms with Crippen molar-refractivity contribution in [1.29, 1.82) is 0 Å². The Morgan fingerprint density at radius 3 is 2.56 bits per heavy atom. The van der Waals surface area contributed by atoms with Gasteiger partial charge in [-0.25, -0.2) is 8.78 Å². The van der Waals surface area contributed by atoms with Gasteiger partial charge in [-0.2, -0.15) is 11.8 Å². The van der Waals surface area contributed by atoms with Gasteiger partial charge in [-0.15, -0.1) is 0 Å². The molecule has 0 radical (unpaired) electrons. The van der Waals surface area contributed by atoms with Crippen LogP contribution in [0.5, 0.6) is 0 Å². The molecule has 1 aromatic rings. The van der Waals surface area contributed by atoms with Gasteiger partial charge < -0.3 is 0 Å². The van der Waals surface area contributed by atoms with Crippen LogP contribution in [0.4, 0.5) is 8.78 Å². The summed E-state index contributed by atoms with van der Waals surface area (Å²) in [6.07, 6.45) is 2.08. The Balaban J connectivity index is 2.05. The quantitative estimate of drug-likeness (QED) is 0.810. The van der Waals surface area contributed by atoms with E-state index in [1.807, 2.05) is 0 Å². The van der Waals surface area contributed by atoms with Crippen molar-refractivity contribution in [3.63, 3.8) is 0 Å². The Morgan fingerprint density at radius 1 is 1.31 bits per heavy atom. The summed E-state index contributed by atoms with van der Waals surface area (Å²) in [6, 6.07) is 3.26. The van der Waals surface area contributed by atoms with Crippen molar-refractivity contribution in [2.45, 2.75) is 24.5 Å². The lowest BCUT2D eigenvalue weighted by Gasteiger charge is -2.07. The Kier molecular flexibility index (Phi) is 3.59. The standard InChI is InChI=1S/C12H12F2OS/c13-9-4-8(5-10(14)7-9)6-11(15)12-2-1-3-16-12/h4-5,7,12H,1-3,6H2. The lowest BCUT2D eigenvalue weighted by molar-refractivity contribution is -0.117. The van der Waals surface area contributed by atoms with Crippen LogP contribution in [-0.4, -0.2) is 16.8 Å². The molecular weight excluding hydrogens is 230 g/mol. The van der Waals surface area contributed by atoms with Crippen LogP contribution in [0.15, 0.2) is 18.2 Å². The van der Waals surface area contributed by atoms with Crippen molar-refractivity contribution in [3.05, 3.63) is 35.4 Å². The average molecular weight is 242 g/mol. The zero-order valence-electron chi connectivity index (χ0n) is 8.71. The number of hydrogen-bond donors (Lipinski definition) is 0. The van der Waals surface area contributed by atoms with Gasteiger partial charge in [0, 0.05) is 12.5 Å². The molecule has 0 saturated carbocycles. The molecule has 1 saturated heterocycles. The number of thioether (sulfide) groups is 1. The van der Waals surface area contributed by atoms with Crippen LogP contribution in [-0.2, 0) is 11.2 Å². The number of ketones is 1. The Morgan fingerprint density at radius 2 is 2.00 bits per heavy atom. The van der Waals surface area contributed by atoms with Crippen LogP contribution in [0.1, 0.15) is 18.4 Å². The molecule has 86 valence electrons. The number of carbonyl (C=O) groups is 1. The van der Waals surface area contributed by atoms with Crippen molar-refractivity contribution < 1.29 is 13.6 Å². The fraction of sp³-hybridized carbons (Fsp3) is 0.417. The van der Waals surface area contributed by atoms with E-state index < -0.39 is 11.6 Å². The lowest BCUT2D eigenvalue weighted by atomic mass is 10.0. The molecule has 16 heavy (non-hydrogen) atoms. The maximum atomic E-state index is 12.9. The molecule has 4 heteroatoms. The van der Waals surface area contributed by atoms with Gasteiger partial charge in [-0.05, 0) is 36.3 Å². The van der Waals surface area contributed by atoms with Gasteiger partial charge >= 0.3 is 0 Å². The van der Waals surface area contributed by atoms with E-state index in [2.05, 4.69) is 0 Å². The van der Waals surface area contributed by atoms with Gasteiger partial charge in [-0.1, -0.05) is 0 Å². The van der Waals surface area contributed by atoms with E-state index in [1.54, 1.807) is 11.8 Å². The van der Waals surface area contributed by atoms with Gasteiger partial charge in [0.2, 0.25) is 0 Å². The van der Waals surface area contributed by atoms with E-state index in [1.165, 1.54) is 12.1 Å². The van der Waals surface area contributed by atoms with E-state index in [0.29, 0.717) is 5.56 Å². The normalized spacial score (nSPS) is 20.0. The molecule has 2 rings (SSSR count). The summed E-state index contributed by atoms with van der Waals surface area (Å²) in [7, 11) is 0. The number of benzene rings is 1. The monoisotopic (exact) mass is 242 g/mol. The van der Waals surface area contributed by atoms with Crippen LogP contribution in [0.2, 0.25) is 0 Å². The van der Waals surface area contributed by atoms with Crippen molar-refractivity contribution in [2.24, 2.45) is 0 Å². The number of halogens is 2. The van der Waals surface area contributed by atoms with Crippen LogP contribution in [0, 0.1) is 11.6 Å². The molecule has 1 atom stereocenters. The summed E-state index contributed by atoms with van der Waals surface area (Å²) in [5, 5.41) is 0.0197. The first-order valence-electron chi connectivity index (χ1n) is 5.24. The summed E-state index contributed by atoms with van der Waals surface area (Å²) >= 11 is 1.64. The largest absolute Gasteiger partial charge is 0.298 e. The zero-order chi connectivity index (χ0) is 11.5. The minimum absolute atomic E-state index is 0.0197. The van der Waals surface area contributed by atoms with Crippen molar-refractivity contribution in [2.75, 3.05) is 5.75 Å². The van der Waals surface area contributed by atoms with Gasteiger partial charge in [0.25, 0.3) is 0 Å². The third-order valence-electron chi connectivity index (χ3n) is 2.59. The average Bonchev–Trinajstić information content (AvgIpc) is 2.68. The molecule has 1 fully saturated rings. The van der Waals surface area contributed by atoms with E-state index in [-0.39, 0.29) is 17.5 Å². The summed E-state index contributed by atoms with van der Waals surface area (Å²) in [4.78, 5) is 11.8. The topological polar surface area (TPSA) is 17.1 Å². The third-order valence-corrected chi connectivity index (χ3v) is 4.01. The molecule has 0 aliphatic carbocycles. The maximum absolute atomic E-state index is 12.9. The Bertz CT molecular complexity index is 380. The predicted octanol–water partition coefficient (Wildman–Crippen LogP) is 2.97. The van der Waals surface area contributed by atoms with Crippen molar-refractivity contribution >= 4 is 17.5 Å². The van der Waals surface area contributed by atoms with Crippen LogP contribution < -0.4 is 0 Å². The Hall–Kier alpha value is -0.900. The summed E-state index contributed by atoms with van der Waals surface area (Å²) in [5.41, 5.74) is 0.426. The van der Waals surface area contributed by atoms with Gasteiger partial charge in [0.15, 0.2) is 0 Å². The molecule has 1 nitrogen and oxygen atoms in total. The molecule has 1 aliphatic heterocycles. The molecular formula is C12H12F2OS. The minimum atomic E-state index is -0.623. The first-order chi connectivity index (χ1) is 7.65. The lowest BCUT2D eigenvalue weighted by Crippen LogP contribution is -2.16. The molecule has 0 bridgehead atoms. The highest BCUT2D eigenvalue weighted by molar-refractivity contribution is 8.00. The van der Waals surface area contributed by atoms with E-state index in [0.717, 1.165) is 24.7 Å². The number of carbonyl (C=O) groups excluding carboxylic acids is 1. The number of hydrogen-bond acceptors (Lipinski definition) is 2. The molecule has 1 heterocycles. The van der Waals surface area contributed by atoms with Gasteiger partial charge in [-0.3, -0.25) is 4.79 Å². The van der Waals surface area contributed by atoms with Gasteiger partial charge in [0.05, 0.1) is 5.25 Å². The van der Waals surface area contributed by atoms with E-state index in [4.69, 9.17) is 0 Å². The van der Waals surface area contributed by atoms with Crippen molar-refractivity contribution in [3.8, 4) is 0 Å². The molecule has 0 amide bonds. The van der Waals surface area contributed by atoms with Gasteiger partial charge in [0.1, 0.15) is 17.4 Å². The fourth-order valence-electron chi connectivity index (χ4n) is 1.86. The Labute approximate surface area is 97.2 Å². The number of Topliss-reactive ketones (excluding diaryl/α,β-unsaturated/α-hetero) is 1. The van der Waals surface area contributed by atoms with Crippen LogP contribution in [0.25, 0.3) is 0 Å². The minimum Gasteiger partial charge on any atom is -0.298 e. The first kappa shape index (κ1) is 11.6. The maximum Gasteiger partial charge on any atom is 0.150 e. The molecule has 1 unspecified atom stereocenters. The molecule has 0 aromatic heterocycles. The third kappa shape index (κ3) is 2.82. The molecule has 1 aliphatic rings. The highest BCUT2D eigenvalue weighted by atomic mass is 32.2. The second kappa shape index (κ2) is 4.95. The second-order valence-corrected chi connectivity index (χ2v) is 5.23. The summed E-state index contributed by atoms with van der Waals surface area (Å²) in [5.74, 6) is -0.162.